The monoisotopic (exact) mass is 643 g/mol. The molecule has 0 radical (unpaired) electrons. The molecule has 0 amide bonds. The average molecular weight is 644 g/mol. The Balaban J connectivity index is 1.54. The first kappa shape index (κ1) is 31.9. The van der Waals surface area contributed by atoms with Crippen molar-refractivity contribution in [3.8, 4) is 28.2 Å². The van der Waals surface area contributed by atoms with E-state index in [2.05, 4.69) is 139 Å². The molecule has 7 heteroatoms. The zero-order valence-electron chi connectivity index (χ0n) is 28.1. The summed E-state index contributed by atoms with van der Waals surface area (Å²) in [7, 11) is 0. The lowest BCUT2D eigenvalue weighted by Crippen LogP contribution is -2.39. The second-order valence-electron chi connectivity index (χ2n) is 12.4. The molecule has 244 valence electrons. The number of unbranched alkanes of at least 4 members (excludes halogenated alkanes) is 1. The van der Waals surface area contributed by atoms with E-state index in [9.17, 15) is 0 Å². The molecule has 49 heavy (non-hydrogen) atoms. The fourth-order valence-corrected chi connectivity index (χ4v) is 7.04. The fraction of sp³-hybridized carbons (Fsp3) is 0.190. The molecule has 0 aliphatic rings. The first-order valence-corrected chi connectivity index (χ1v) is 17.1. The van der Waals surface area contributed by atoms with Crippen LogP contribution in [0.2, 0.25) is 0 Å². The van der Waals surface area contributed by atoms with Crippen molar-refractivity contribution in [3.05, 3.63) is 173 Å². The molecule has 0 saturated carbocycles. The van der Waals surface area contributed by atoms with E-state index in [1.54, 1.807) is 0 Å². The molecule has 2 heterocycles. The summed E-state index contributed by atoms with van der Waals surface area (Å²) in [6.45, 7) is 4.91. The standard InChI is InChI=1S/C42H41N7/c1-3-4-25-40-44-39(28-29-43)31(2)48(40)36-26-27-37(32-17-9-5-10-18-32)38(30-36)41-45-46-47-49(41)42(33-19-11-6-12-20-33,34-21-13-7-14-22-34)35-23-15-8-16-24-35/h5-24,26-27,30H,3-4,25,28-29,43H2,1-2H3. The summed E-state index contributed by atoms with van der Waals surface area (Å²) in [6, 6.07) is 48.6. The maximum atomic E-state index is 6.03. The van der Waals surface area contributed by atoms with Gasteiger partial charge in [0, 0.05) is 29.8 Å². The third-order valence-electron chi connectivity index (χ3n) is 9.36. The van der Waals surface area contributed by atoms with E-state index in [0.29, 0.717) is 12.4 Å². The van der Waals surface area contributed by atoms with Crippen LogP contribution in [0.3, 0.4) is 0 Å². The van der Waals surface area contributed by atoms with E-state index in [1.807, 2.05) is 28.9 Å². The molecule has 0 fully saturated rings. The maximum absolute atomic E-state index is 6.03. The van der Waals surface area contributed by atoms with Crippen LogP contribution in [0.15, 0.2) is 140 Å². The fourth-order valence-electron chi connectivity index (χ4n) is 7.04. The molecule has 7 rings (SSSR count). The summed E-state index contributed by atoms with van der Waals surface area (Å²) < 4.78 is 4.31. The molecule has 2 N–H and O–H groups in total. The highest BCUT2D eigenvalue weighted by Gasteiger charge is 2.42. The van der Waals surface area contributed by atoms with Crippen LogP contribution < -0.4 is 5.73 Å². The molecule has 5 aromatic carbocycles. The molecular formula is C42H41N7. The van der Waals surface area contributed by atoms with Crippen molar-refractivity contribution in [2.75, 3.05) is 6.54 Å². The summed E-state index contributed by atoms with van der Waals surface area (Å²) in [4.78, 5) is 5.10. The zero-order valence-corrected chi connectivity index (χ0v) is 28.1. The number of benzene rings is 5. The lowest BCUT2D eigenvalue weighted by molar-refractivity contribution is 0.451. The van der Waals surface area contributed by atoms with Crippen molar-refractivity contribution >= 4 is 0 Å². The van der Waals surface area contributed by atoms with E-state index in [-0.39, 0.29) is 0 Å². The molecule has 0 atom stereocenters. The molecule has 0 unspecified atom stereocenters. The number of rotatable bonds is 12. The normalized spacial score (nSPS) is 11.6. The van der Waals surface area contributed by atoms with Crippen LogP contribution in [-0.4, -0.2) is 36.3 Å². The zero-order chi connectivity index (χ0) is 33.6. The Labute approximate surface area is 288 Å². The predicted octanol–water partition coefficient (Wildman–Crippen LogP) is 8.19. The van der Waals surface area contributed by atoms with E-state index in [1.165, 1.54) is 0 Å². The van der Waals surface area contributed by atoms with Gasteiger partial charge in [0.25, 0.3) is 0 Å². The van der Waals surface area contributed by atoms with Gasteiger partial charge in [0.05, 0.1) is 5.69 Å². The Morgan fingerprint density at radius 1 is 0.673 bits per heavy atom. The highest BCUT2D eigenvalue weighted by atomic mass is 15.6. The summed E-state index contributed by atoms with van der Waals surface area (Å²) in [5, 5.41) is 14.1. The van der Waals surface area contributed by atoms with Crippen molar-refractivity contribution < 1.29 is 0 Å². The Morgan fingerprint density at radius 3 is 1.80 bits per heavy atom. The summed E-state index contributed by atoms with van der Waals surface area (Å²) >= 11 is 0. The first-order valence-electron chi connectivity index (χ1n) is 17.1. The van der Waals surface area contributed by atoms with Crippen molar-refractivity contribution in [3.63, 3.8) is 0 Å². The second kappa shape index (κ2) is 14.2. The van der Waals surface area contributed by atoms with E-state index < -0.39 is 5.54 Å². The molecule has 0 aliphatic heterocycles. The van der Waals surface area contributed by atoms with Gasteiger partial charge in [0.1, 0.15) is 11.4 Å². The molecule has 0 saturated heterocycles. The van der Waals surface area contributed by atoms with Gasteiger partial charge in [-0.25, -0.2) is 9.67 Å². The maximum Gasteiger partial charge on any atom is 0.184 e. The van der Waals surface area contributed by atoms with Crippen LogP contribution in [0.25, 0.3) is 28.2 Å². The second-order valence-corrected chi connectivity index (χ2v) is 12.4. The summed E-state index contributed by atoms with van der Waals surface area (Å²) in [5.74, 6) is 1.71. The van der Waals surface area contributed by atoms with Gasteiger partial charge in [0.2, 0.25) is 0 Å². The number of aryl methyl sites for hydroxylation is 1. The van der Waals surface area contributed by atoms with Crippen molar-refractivity contribution in [2.24, 2.45) is 5.73 Å². The molecule has 7 aromatic rings. The Kier molecular flexibility index (Phi) is 9.26. The number of hydrogen-bond acceptors (Lipinski definition) is 5. The van der Waals surface area contributed by atoms with Gasteiger partial charge >= 0.3 is 0 Å². The average Bonchev–Trinajstić information content (AvgIpc) is 3.77. The van der Waals surface area contributed by atoms with Gasteiger partial charge in [-0.3, -0.25) is 0 Å². The minimum atomic E-state index is -0.877. The number of hydrogen-bond donors (Lipinski definition) is 1. The van der Waals surface area contributed by atoms with Crippen LogP contribution in [-0.2, 0) is 18.4 Å². The smallest absolute Gasteiger partial charge is 0.184 e. The molecule has 0 spiro atoms. The Bertz CT molecular complexity index is 2020. The number of imidazole rings is 1. The van der Waals surface area contributed by atoms with Gasteiger partial charge in [-0.05, 0) is 70.3 Å². The molecular weight excluding hydrogens is 603 g/mol. The van der Waals surface area contributed by atoms with Crippen molar-refractivity contribution in [1.82, 2.24) is 29.8 Å². The van der Waals surface area contributed by atoms with Gasteiger partial charge in [-0.2, -0.15) is 0 Å². The number of tetrazole rings is 1. The highest BCUT2D eigenvalue weighted by Crippen LogP contribution is 2.44. The summed E-state index contributed by atoms with van der Waals surface area (Å²) in [6.07, 6.45) is 3.76. The summed E-state index contributed by atoms with van der Waals surface area (Å²) in [5.41, 5.74) is 14.5. The molecule has 0 bridgehead atoms. The van der Waals surface area contributed by atoms with Gasteiger partial charge in [-0.15, -0.1) is 5.10 Å². The van der Waals surface area contributed by atoms with Gasteiger partial charge in [0.15, 0.2) is 5.82 Å². The van der Waals surface area contributed by atoms with Crippen LogP contribution in [0.5, 0.6) is 0 Å². The molecule has 7 nitrogen and oxygen atoms in total. The minimum Gasteiger partial charge on any atom is -0.330 e. The Hall–Kier alpha value is -5.66. The van der Waals surface area contributed by atoms with Crippen LogP contribution in [0.4, 0.5) is 0 Å². The molecule has 0 aliphatic carbocycles. The Morgan fingerprint density at radius 2 is 1.24 bits per heavy atom. The van der Waals surface area contributed by atoms with Crippen LogP contribution in [0, 0.1) is 6.92 Å². The van der Waals surface area contributed by atoms with Crippen molar-refractivity contribution in [2.45, 2.75) is 45.1 Å². The quantitative estimate of drug-likeness (QED) is 0.136. The van der Waals surface area contributed by atoms with Crippen LogP contribution >= 0.6 is 0 Å². The largest absolute Gasteiger partial charge is 0.330 e. The highest BCUT2D eigenvalue weighted by molar-refractivity contribution is 5.82. The topological polar surface area (TPSA) is 87.4 Å². The third-order valence-corrected chi connectivity index (χ3v) is 9.36. The van der Waals surface area contributed by atoms with Crippen LogP contribution in [0.1, 0.15) is 53.7 Å². The number of nitrogens with zero attached hydrogens (tertiary/aromatic N) is 6. The minimum absolute atomic E-state index is 0.554. The van der Waals surface area contributed by atoms with E-state index in [0.717, 1.165) is 82.0 Å². The van der Waals surface area contributed by atoms with E-state index in [4.69, 9.17) is 21.0 Å². The lowest BCUT2D eigenvalue weighted by Gasteiger charge is -2.36. The van der Waals surface area contributed by atoms with E-state index >= 15 is 0 Å². The first-order chi connectivity index (χ1) is 24.2. The van der Waals surface area contributed by atoms with Crippen molar-refractivity contribution in [1.29, 1.82) is 0 Å². The third kappa shape index (κ3) is 5.87. The molecule has 2 aromatic heterocycles. The SMILES string of the molecule is CCCCc1nc(CCN)c(C)n1-c1ccc(-c2ccccc2)c(-c2nnnn2C(c2ccccc2)(c2ccccc2)c2ccccc2)c1. The van der Waals surface area contributed by atoms with Gasteiger partial charge in [-0.1, -0.05) is 141 Å². The van der Waals surface area contributed by atoms with Gasteiger partial charge < -0.3 is 10.3 Å². The lowest BCUT2D eigenvalue weighted by atomic mass is 9.77. The number of aromatic nitrogens is 6. The predicted molar refractivity (Wildman–Crippen MR) is 197 cm³/mol. The number of nitrogens with two attached hydrogens (primary N) is 1.